The van der Waals surface area contributed by atoms with Crippen LogP contribution in [0.5, 0.6) is 0 Å². The van der Waals surface area contributed by atoms with Crippen LogP contribution in [0.4, 0.5) is 0 Å². The Balaban J connectivity index is 1.07. The largest absolute Gasteiger partial charge is 0.309 e. The second-order valence-corrected chi connectivity index (χ2v) is 16.8. The van der Waals surface area contributed by atoms with E-state index in [4.69, 9.17) is 9.97 Å². The zero-order valence-electron chi connectivity index (χ0n) is 33.6. The second kappa shape index (κ2) is 12.7. The van der Waals surface area contributed by atoms with E-state index in [0.29, 0.717) is 5.95 Å². The lowest BCUT2D eigenvalue weighted by molar-refractivity contribution is 0.810. The van der Waals surface area contributed by atoms with Gasteiger partial charge in [-0.05, 0) is 104 Å². The maximum atomic E-state index is 5.60. The van der Waals surface area contributed by atoms with Gasteiger partial charge in [0.2, 0.25) is 5.95 Å². The summed E-state index contributed by atoms with van der Waals surface area (Å²) in [7, 11) is 0. The monoisotopic (exact) mass is 788 g/mol. The zero-order chi connectivity index (χ0) is 40.5. The van der Waals surface area contributed by atoms with Crippen molar-refractivity contribution < 1.29 is 0 Å². The minimum Gasteiger partial charge on any atom is -0.309 e. The Hall–Kier alpha value is -8.08. The molecule has 0 aliphatic heterocycles. The van der Waals surface area contributed by atoms with Crippen molar-refractivity contribution in [2.24, 2.45) is 0 Å². The predicted molar refractivity (Wildman–Crippen MR) is 259 cm³/mol. The van der Waals surface area contributed by atoms with Crippen molar-refractivity contribution in [2.45, 2.75) is 12.3 Å². The highest BCUT2D eigenvalue weighted by molar-refractivity contribution is 6.29. The lowest BCUT2D eigenvalue weighted by atomic mass is 9.93. The second-order valence-electron chi connectivity index (χ2n) is 16.8. The first-order valence-electron chi connectivity index (χ1n) is 21.5. The van der Waals surface area contributed by atoms with Crippen LogP contribution in [0.2, 0.25) is 0 Å². The molecule has 0 fully saturated rings. The molecule has 1 atom stereocenters. The molecule has 0 saturated carbocycles. The van der Waals surface area contributed by atoms with E-state index in [1.807, 2.05) is 0 Å². The van der Waals surface area contributed by atoms with Gasteiger partial charge in [0.05, 0.1) is 33.3 Å². The van der Waals surface area contributed by atoms with Crippen LogP contribution in [0, 0.1) is 0 Å². The summed E-state index contributed by atoms with van der Waals surface area (Å²) in [5.74, 6) is 0.837. The molecule has 2 aliphatic carbocycles. The topological polar surface area (TPSA) is 35.6 Å². The smallest absolute Gasteiger partial charge is 0.235 e. The zero-order valence-corrected chi connectivity index (χ0v) is 33.6. The van der Waals surface area contributed by atoms with Crippen molar-refractivity contribution in [1.82, 2.24) is 19.1 Å². The van der Waals surface area contributed by atoms with Crippen LogP contribution in [0.3, 0.4) is 0 Å². The average molecular weight is 789 g/mol. The molecule has 14 rings (SSSR count). The molecule has 0 spiro atoms. The minimum absolute atomic E-state index is 0.140. The first-order valence-corrected chi connectivity index (χ1v) is 21.5. The number of nitrogens with zero attached hydrogens (tertiary/aromatic N) is 4. The molecule has 0 N–H and O–H groups in total. The first kappa shape index (κ1) is 33.7. The Morgan fingerprint density at radius 3 is 1.95 bits per heavy atom. The molecule has 2 aliphatic rings. The molecule has 9 aromatic carbocycles. The summed E-state index contributed by atoms with van der Waals surface area (Å²) in [5, 5.41) is 10.9. The molecule has 0 amide bonds. The third-order valence-electron chi connectivity index (χ3n) is 13.6. The highest BCUT2D eigenvalue weighted by atomic mass is 15.2. The molecule has 62 heavy (non-hydrogen) atoms. The Labute approximate surface area is 357 Å². The summed E-state index contributed by atoms with van der Waals surface area (Å²) in [5.41, 5.74) is 15.3. The fourth-order valence-electron chi connectivity index (χ4n) is 10.8. The van der Waals surface area contributed by atoms with Gasteiger partial charge in [-0.15, -0.1) is 0 Å². The van der Waals surface area contributed by atoms with Gasteiger partial charge in [-0.1, -0.05) is 152 Å². The van der Waals surface area contributed by atoms with Crippen LogP contribution in [-0.4, -0.2) is 19.1 Å². The van der Waals surface area contributed by atoms with Crippen LogP contribution in [0.15, 0.2) is 200 Å². The van der Waals surface area contributed by atoms with Crippen molar-refractivity contribution in [3.63, 3.8) is 0 Å². The molecule has 12 aromatic rings. The number of benzene rings is 9. The summed E-state index contributed by atoms with van der Waals surface area (Å²) < 4.78 is 4.73. The normalized spacial score (nSPS) is 14.4. The van der Waals surface area contributed by atoms with Gasteiger partial charge in [-0.3, -0.25) is 4.57 Å². The van der Waals surface area contributed by atoms with Crippen LogP contribution < -0.4 is 0 Å². The van der Waals surface area contributed by atoms with E-state index < -0.39 is 0 Å². The fraction of sp³-hybridized carbons (Fsp3) is 0.0345. The van der Waals surface area contributed by atoms with E-state index in [-0.39, 0.29) is 5.92 Å². The van der Waals surface area contributed by atoms with Gasteiger partial charge < -0.3 is 4.57 Å². The van der Waals surface area contributed by atoms with Gasteiger partial charge in [-0.25, -0.2) is 9.97 Å². The molecule has 3 aromatic heterocycles. The molecular weight excluding hydrogens is 753 g/mol. The number of fused-ring (bicyclic) bond motifs is 13. The Morgan fingerprint density at radius 1 is 0.419 bits per heavy atom. The lowest BCUT2D eigenvalue weighted by Crippen LogP contribution is -2.08. The standard InChI is InChI=1S/C58H36N4/c1-3-15-36(16-4-1)56-46-29-26-35-14-7-8-19-40(35)57(46)60-58(59-56)62-52-31-28-38(37-27-30-51-47(32-37)43-22-11-12-25-50(43)61(51)39-17-5-2-6-18-39)33-49(52)55-45-24-13-23-44-41-20-9-10-21-42(41)48(54(44)45)34-53(55)62/h1-15,17-34,36H,16H2. The van der Waals surface area contributed by atoms with Crippen molar-refractivity contribution in [3.05, 3.63) is 206 Å². The molecule has 0 saturated heterocycles. The molecule has 1 unspecified atom stereocenters. The van der Waals surface area contributed by atoms with Crippen molar-refractivity contribution >= 4 is 76.1 Å². The Bertz CT molecular complexity index is 3960. The summed E-state index contributed by atoms with van der Waals surface area (Å²) in [4.78, 5) is 11.2. The summed E-state index contributed by atoms with van der Waals surface area (Å²) in [6.07, 6.45) is 9.74. The van der Waals surface area contributed by atoms with E-state index in [9.17, 15) is 0 Å². The van der Waals surface area contributed by atoms with Crippen molar-refractivity contribution in [1.29, 1.82) is 0 Å². The third-order valence-corrected chi connectivity index (χ3v) is 13.6. The highest BCUT2D eigenvalue weighted by Gasteiger charge is 2.27. The maximum Gasteiger partial charge on any atom is 0.235 e. The van der Waals surface area contributed by atoms with Crippen LogP contribution in [0.1, 0.15) is 18.0 Å². The van der Waals surface area contributed by atoms with Crippen LogP contribution >= 0.6 is 0 Å². The van der Waals surface area contributed by atoms with E-state index in [0.717, 1.165) is 45.1 Å². The summed E-state index contributed by atoms with van der Waals surface area (Å²) >= 11 is 0. The Morgan fingerprint density at radius 2 is 1.11 bits per heavy atom. The quantitative estimate of drug-likeness (QED) is 0.167. The van der Waals surface area contributed by atoms with Crippen LogP contribution in [-0.2, 0) is 0 Å². The molecule has 0 bridgehead atoms. The van der Waals surface area contributed by atoms with Crippen molar-refractivity contribution in [2.75, 3.05) is 0 Å². The highest BCUT2D eigenvalue weighted by Crippen LogP contribution is 2.51. The van der Waals surface area contributed by atoms with Gasteiger partial charge >= 0.3 is 0 Å². The third kappa shape index (κ3) is 4.66. The van der Waals surface area contributed by atoms with Gasteiger partial charge in [0.1, 0.15) is 0 Å². The average Bonchev–Trinajstić information content (AvgIpc) is 3.97. The molecule has 288 valence electrons. The fourth-order valence-corrected chi connectivity index (χ4v) is 10.8. The van der Waals surface area contributed by atoms with Gasteiger partial charge in [-0.2, -0.15) is 0 Å². The van der Waals surface area contributed by atoms with Crippen molar-refractivity contribution in [3.8, 4) is 45.0 Å². The number of para-hydroxylation sites is 2. The van der Waals surface area contributed by atoms with E-state index >= 15 is 0 Å². The summed E-state index contributed by atoms with van der Waals surface area (Å²) in [6, 6.07) is 64.5. The number of aromatic nitrogens is 4. The van der Waals surface area contributed by atoms with Gasteiger partial charge in [0.25, 0.3) is 0 Å². The number of hydrogen-bond acceptors (Lipinski definition) is 2. The summed E-state index contributed by atoms with van der Waals surface area (Å²) in [6.45, 7) is 0. The predicted octanol–water partition coefficient (Wildman–Crippen LogP) is 15.0. The molecule has 4 heteroatoms. The molecule has 4 nitrogen and oxygen atoms in total. The molecule has 3 heterocycles. The van der Waals surface area contributed by atoms with Crippen LogP contribution in [0.25, 0.3) is 121 Å². The Kier molecular flexibility index (Phi) is 6.92. The first-order chi connectivity index (χ1) is 30.8. The van der Waals surface area contributed by atoms with E-state index in [1.165, 1.54) is 82.1 Å². The van der Waals surface area contributed by atoms with E-state index in [1.54, 1.807) is 0 Å². The molecule has 0 radical (unpaired) electrons. The van der Waals surface area contributed by atoms with Gasteiger partial charge in [0.15, 0.2) is 0 Å². The number of rotatable bonds is 4. The van der Waals surface area contributed by atoms with E-state index in [2.05, 4.69) is 209 Å². The SMILES string of the molecule is C1=CCC(c2nc(-n3c4ccc(-c5ccc6c(c5)c5ccccc5n6-c5ccccc5)cc4c4c5cccc6c5c(cc43)-c3ccccc3-6)nc3c2ccc2ccccc23)C=C1. The van der Waals surface area contributed by atoms with Gasteiger partial charge in [0, 0.05) is 43.9 Å². The maximum absolute atomic E-state index is 5.60. The number of hydrogen-bond donors (Lipinski definition) is 0. The minimum atomic E-state index is 0.140. The number of allylic oxidation sites excluding steroid dienone is 4. The molecular formula is C58H36N4. The lowest BCUT2D eigenvalue weighted by Gasteiger charge is -2.18.